The molecule has 0 atom stereocenters. The molecule has 1 fully saturated rings. The van der Waals surface area contributed by atoms with Crippen molar-refractivity contribution in [1.82, 2.24) is 19.9 Å². The molecule has 0 radical (unpaired) electrons. The van der Waals surface area contributed by atoms with Crippen molar-refractivity contribution in [3.05, 3.63) is 113 Å². The van der Waals surface area contributed by atoms with Gasteiger partial charge in [0.25, 0.3) is 0 Å². The fourth-order valence-electron chi connectivity index (χ4n) is 4.42. The molecule has 9 nitrogen and oxygen atoms in total. The Kier molecular flexibility index (Phi) is 6.58. The molecule has 0 amide bonds. The van der Waals surface area contributed by atoms with E-state index in [1.165, 1.54) is 23.7 Å². The minimum absolute atomic E-state index is 0.0955. The van der Waals surface area contributed by atoms with Crippen molar-refractivity contribution in [2.75, 3.05) is 31.1 Å². The van der Waals surface area contributed by atoms with Crippen molar-refractivity contribution < 1.29 is 9.66 Å². The molecule has 0 unspecified atom stereocenters. The lowest BCUT2D eigenvalue weighted by Crippen LogP contribution is -2.48. The zero-order chi connectivity index (χ0) is 24.0. The average Bonchev–Trinajstić information content (AvgIpc) is 2.91. The van der Waals surface area contributed by atoms with Gasteiger partial charge in [0.1, 0.15) is 12.1 Å². The van der Waals surface area contributed by atoms with Crippen LogP contribution in [0.1, 0.15) is 17.2 Å². The largest absolute Gasteiger partial charge is 0.432 e. The Morgan fingerprint density at radius 3 is 2.09 bits per heavy atom. The standard InChI is InChI=1S/C26H24N6O3/c33-32(34)24-25(28-19-29-26(24)35-22-12-7-13-27-18-22)31-16-14-30(15-17-31)23(20-8-3-1-4-9-20)21-10-5-2-6-11-21/h1-13,18-19,23H,14-17H2. The Labute approximate surface area is 202 Å². The van der Waals surface area contributed by atoms with Crippen LogP contribution in [0.2, 0.25) is 0 Å². The van der Waals surface area contributed by atoms with E-state index in [4.69, 9.17) is 4.74 Å². The molecular weight excluding hydrogens is 444 g/mol. The van der Waals surface area contributed by atoms with Gasteiger partial charge >= 0.3 is 11.6 Å². The maximum atomic E-state index is 12.0. The molecule has 9 heteroatoms. The maximum absolute atomic E-state index is 12.0. The number of piperazine rings is 1. The number of ether oxygens (including phenoxy) is 1. The molecule has 1 aliphatic heterocycles. The molecule has 3 heterocycles. The summed E-state index contributed by atoms with van der Waals surface area (Å²) in [5.41, 5.74) is 2.19. The van der Waals surface area contributed by atoms with Crippen LogP contribution in [-0.2, 0) is 0 Å². The molecule has 0 N–H and O–H groups in total. The van der Waals surface area contributed by atoms with Crippen LogP contribution in [0, 0.1) is 10.1 Å². The molecule has 4 aromatic rings. The van der Waals surface area contributed by atoms with Crippen LogP contribution in [0.15, 0.2) is 91.5 Å². The highest BCUT2D eigenvalue weighted by atomic mass is 16.6. The van der Waals surface area contributed by atoms with E-state index in [1.807, 2.05) is 17.0 Å². The van der Waals surface area contributed by atoms with Gasteiger partial charge in [-0.1, -0.05) is 60.7 Å². The number of hydrogen-bond acceptors (Lipinski definition) is 8. The average molecular weight is 469 g/mol. The van der Waals surface area contributed by atoms with E-state index < -0.39 is 4.92 Å². The normalized spacial score (nSPS) is 14.1. The summed E-state index contributed by atoms with van der Waals surface area (Å²) >= 11 is 0. The summed E-state index contributed by atoms with van der Waals surface area (Å²) in [6.07, 6.45) is 4.39. The molecule has 35 heavy (non-hydrogen) atoms. The molecular formula is C26H24N6O3. The highest BCUT2D eigenvalue weighted by Gasteiger charge is 2.32. The molecule has 1 aliphatic rings. The lowest BCUT2D eigenvalue weighted by atomic mass is 9.96. The van der Waals surface area contributed by atoms with E-state index in [9.17, 15) is 10.1 Å². The van der Waals surface area contributed by atoms with Gasteiger partial charge in [0, 0.05) is 32.4 Å². The van der Waals surface area contributed by atoms with Crippen molar-refractivity contribution in [3.8, 4) is 11.6 Å². The van der Waals surface area contributed by atoms with E-state index in [-0.39, 0.29) is 23.4 Å². The highest BCUT2D eigenvalue weighted by molar-refractivity contribution is 5.63. The fraction of sp³-hybridized carbons (Fsp3) is 0.192. The van der Waals surface area contributed by atoms with Crippen LogP contribution < -0.4 is 9.64 Å². The Morgan fingerprint density at radius 1 is 0.857 bits per heavy atom. The number of nitrogens with zero attached hydrogens (tertiary/aromatic N) is 6. The van der Waals surface area contributed by atoms with Gasteiger partial charge in [-0.05, 0) is 23.3 Å². The molecule has 2 aromatic carbocycles. The fourth-order valence-corrected chi connectivity index (χ4v) is 4.42. The molecule has 0 saturated carbocycles. The third-order valence-electron chi connectivity index (χ3n) is 6.01. The van der Waals surface area contributed by atoms with Gasteiger partial charge in [-0.2, -0.15) is 4.98 Å². The smallest absolute Gasteiger partial charge is 0.373 e. The number of pyridine rings is 1. The Balaban J connectivity index is 1.39. The zero-order valence-corrected chi connectivity index (χ0v) is 19.0. The quantitative estimate of drug-likeness (QED) is 0.289. The number of hydrogen-bond donors (Lipinski definition) is 0. The molecule has 0 bridgehead atoms. The first-order valence-corrected chi connectivity index (χ1v) is 11.4. The second-order valence-electron chi connectivity index (χ2n) is 8.15. The summed E-state index contributed by atoms with van der Waals surface area (Å²) in [4.78, 5) is 28.2. The number of aromatic nitrogens is 3. The van der Waals surface area contributed by atoms with Crippen molar-refractivity contribution in [2.24, 2.45) is 0 Å². The van der Waals surface area contributed by atoms with Crippen LogP contribution in [-0.4, -0.2) is 51.0 Å². The van der Waals surface area contributed by atoms with Gasteiger partial charge in [-0.15, -0.1) is 0 Å². The van der Waals surface area contributed by atoms with Crippen LogP contribution in [0.4, 0.5) is 11.5 Å². The second-order valence-corrected chi connectivity index (χ2v) is 8.15. The first kappa shape index (κ1) is 22.4. The molecule has 1 saturated heterocycles. The maximum Gasteiger partial charge on any atom is 0.373 e. The van der Waals surface area contributed by atoms with Gasteiger partial charge in [0.05, 0.1) is 17.2 Å². The van der Waals surface area contributed by atoms with Crippen LogP contribution in [0.25, 0.3) is 0 Å². The van der Waals surface area contributed by atoms with Gasteiger partial charge in [-0.3, -0.25) is 20.0 Å². The lowest BCUT2D eigenvalue weighted by molar-refractivity contribution is -0.385. The van der Waals surface area contributed by atoms with Gasteiger partial charge < -0.3 is 9.64 Å². The van der Waals surface area contributed by atoms with Crippen LogP contribution in [0.3, 0.4) is 0 Å². The lowest BCUT2D eigenvalue weighted by Gasteiger charge is -2.40. The van der Waals surface area contributed by atoms with Gasteiger partial charge in [0.2, 0.25) is 5.82 Å². The Bertz CT molecular complexity index is 1230. The molecule has 5 rings (SSSR count). The SMILES string of the molecule is O=[N+]([O-])c1c(Oc2cccnc2)ncnc1N1CCN(C(c2ccccc2)c2ccccc2)CC1. The number of rotatable bonds is 7. The topological polar surface area (TPSA) is 97.5 Å². The number of benzene rings is 2. The highest BCUT2D eigenvalue weighted by Crippen LogP contribution is 2.37. The minimum atomic E-state index is -0.482. The van der Waals surface area contributed by atoms with Gasteiger partial charge in [-0.25, -0.2) is 4.98 Å². The van der Waals surface area contributed by atoms with E-state index in [1.54, 1.807) is 18.3 Å². The summed E-state index contributed by atoms with van der Waals surface area (Å²) in [5, 5.41) is 12.0. The predicted octanol–water partition coefficient (Wildman–Crippen LogP) is 4.48. The number of anilines is 1. The van der Waals surface area contributed by atoms with Gasteiger partial charge in [0.15, 0.2) is 0 Å². The third kappa shape index (κ3) is 4.95. The summed E-state index contributed by atoms with van der Waals surface area (Å²) < 4.78 is 5.68. The van der Waals surface area contributed by atoms with E-state index in [0.29, 0.717) is 31.9 Å². The zero-order valence-electron chi connectivity index (χ0n) is 19.0. The van der Waals surface area contributed by atoms with Crippen molar-refractivity contribution >= 4 is 11.5 Å². The molecule has 176 valence electrons. The first-order valence-electron chi connectivity index (χ1n) is 11.4. The molecule has 0 spiro atoms. The van der Waals surface area contributed by atoms with E-state index in [0.717, 1.165) is 0 Å². The van der Waals surface area contributed by atoms with E-state index >= 15 is 0 Å². The summed E-state index contributed by atoms with van der Waals surface area (Å²) in [7, 11) is 0. The Hall–Kier alpha value is -4.37. The van der Waals surface area contributed by atoms with Crippen molar-refractivity contribution in [2.45, 2.75) is 6.04 Å². The van der Waals surface area contributed by atoms with Crippen LogP contribution >= 0.6 is 0 Å². The van der Waals surface area contributed by atoms with Crippen molar-refractivity contribution in [3.63, 3.8) is 0 Å². The summed E-state index contributed by atoms with van der Waals surface area (Å²) in [6, 6.07) is 24.3. The number of nitro groups is 1. The monoisotopic (exact) mass is 468 g/mol. The third-order valence-corrected chi connectivity index (χ3v) is 6.01. The van der Waals surface area contributed by atoms with Crippen LogP contribution in [0.5, 0.6) is 11.6 Å². The predicted molar refractivity (Wildman–Crippen MR) is 132 cm³/mol. The minimum Gasteiger partial charge on any atom is -0.432 e. The first-order chi connectivity index (χ1) is 17.2. The molecule has 2 aromatic heterocycles. The second kappa shape index (κ2) is 10.3. The Morgan fingerprint density at radius 2 is 1.51 bits per heavy atom. The van der Waals surface area contributed by atoms with Crippen molar-refractivity contribution in [1.29, 1.82) is 0 Å². The summed E-state index contributed by atoms with van der Waals surface area (Å²) in [6.45, 7) is 2.60. The molecule has 0 aliphatic carbocycles. The van der Waals surface area contributed by atoms with E-state index in [2.05, 4.69) is 68.4 Å². The summed E-state index contributed by atoms with van der Waals surface area (Å²) in [5.74, 6) is 0.542.